The van der Waals surface area contributed by atoms with E-state index in [2.05, 4.69) is 11.3 Å². The normalized spacial score (nSPS) is 12.4. The molecule has 0 aliphatic rings. The quantitative estimate of drug-likeness (QED) is 0.324. The fourth-order valence-corrected chi connectivity index (χ4v) is 3.79. The fraction of sp³-hybridized carbons (Fsp3) is 0.632. The molecule has 0 atom stereocenters. The smallest absolute Gasteiger partial charge is 0.283 e. The maximum absolute atomic E-state index is 12.5. The minimum atomic E-state index is -3.63. The molecule has 0 radical (unpaired) electrons. The Morgan fingerprint density at radius 1 is 0.917 bits per heavy atom. The largest absolute Gasteiger partial charge is 0.360 e. The van der Waals surface area contributed by atoms with E-state index < -0.39 is 10.0 Å². The van der Waals surface area contributed by atoms with Crippen LogP contribution in [0.3, 0.4) is 0 Å². The van der Waals surface area contributed by atoms with Crippen molar-refractivity contribution < 1.29 is 8.42 Å². The molecule has 0 bridgehead atoms. The lowest BCUT2D eigenvalue weighted by molar-refractivity contribution is 0.451. The second-order valence-corrected chi connectivity index (χ2v) is 7.59. The molecule has 0 aliphatic carbocycles. The molecule has 0 saturated carbocycles. The summed E-state index contributed by atoms with van der Waals surface area (Å²) in [5.74, 6) is 0.694. The number of nitrogens with zero attached hydrogens (tertiary/aromatic N) is 2. The van der Waals surface area contributed by atoms with E-state index in [0.717, 1.165) is 32.4 Å². The Morgan fingerprint density at radius 2 is 1.50 bits per heavy atom. The predicted octanol–water partition coefficient (Wildman–Crippen LogP) is 4.87. The van der Waals surface area contributed by atoms with Crippen LogP contribution < -0.4 is 0 Å². The Hall–Kier alpha value is -1.36. The summed E-state index contributed by atoms with van der Waals surface area (Å²) in [7, 11) is -3.63. The molecular formula is C19H32N2O2S. The second kappa shape index (κ2) is 11.2. The van der Waals surface area contributed by atoms with Crippen LogP contribution in [-0.4, -0.2) is 32.2 Å². The molecule has 1 rings (SSSR count). The third-order valence-corrected chi connectivity index (χ3v) is 5.47. The lowest BCUT2D eigenvalue weighted by atomic mass is 10.1. The van der Waals surface area contributed by atoms with Crippen molar-refractivity contribution in [3.8, 4) is 0 Å². The Morgan fingerprint density at radius 3 is 2.08 bits per heavy atom. The van der Waals surface area contributed by atoms with E-state index in [9.17, 15) is 8.42 Å². The van der Waals surface area contributed by atoms with Crippen molar-refractivity contribution >= 4 is 15.9 Å². The standard InChI is InChI=1S/C19H32N2O2S/c1-4-7-8-9-10-14-17-19(21(5-2)6-3)20-24(22,23)18-15-12-11-13-16-18/h11-13,15-16H,4-10,14,17H2,1-3H3. The summed E-state index contributed by atoms with van der Waals surface area (Å²) >= 11 is 0. The molecule has 0 saturated heterocycles. The highest BCUT2D eigenvalue weighted by atomic mass is 32.2. The first-order valence-corrected chi connectivity index (χ1v) is 10.6. The van der Waals surface area contributed by atoms with Crippen molar-refractivity contribution in [3.05, 3.63) is 30.3 Å². The van der Waals surface area contributed by atoms with Crippen LogP contribution in [0, 0.1) is 0 Å². The highest BCUT2D eigenvalue weighted by Gasteiger charge is 2.16. The molecule has 0 fully saturated rings. The molecule has 0 unspecified atom stereocenters. The molecule has 0 N–H and O–H groups in total. The molecule has 24 heavy (non-hydrogen) atoms. The average molecular weight is 353 g/mol. The van der Waals surface area contributed by atoms with E-state index in [-0.39, 0.29) is 4.90 Å². The maximum Gasteiger partial charge on any atom is 0.283 e. The van der Waals surface area contributed by atoms with Crippen LogP contribution in [0.4, 0.5) is 0 Å². The van der Waals surface area contributed by atoms with Gasteiger partial charge in [-0.25, -0.2) is 0 Å². The molecule has 0 amide bonds. The summed E-state index contributed by atoms with van der Waals surface area (Å²) in [6, 6.07) is 8.47. The summed E-state index contributed by atoms with van der Waals surface area (Å²) in [6.07, 6.45) is 7.83. The minimum Gasteiger partial charge on any atom is -0.360 e. The van der Waals surface area contributed by atoms with Gasteiger partial charge >= 0.3 is 0 Å². The van der Waals surface area contributed by atoms with Crippen molar-refractivity contribution in [2.45, 2.75) is 70.6 Å². The van der Waals surface area contributed by atoms with Gasteiger partial charge in [-0.2, -0.15) is 8.42 Å². The molecule has 0 aromatic heterocycles. The van der Waals surface area contributed by atoms with E-state index in [1.165, 1.54) is 25.7 Å². The lowest BCUT2D eigenvalue weighted by Gasteiger charge is -2.23. The fourth-order valence-electron chi connectivity index (χ4n) is 2.70. The lowest BCUT2D eigenvalue weighted by Crippen LogP contribution is -2.31. The second-order valence-electron chi connectivity index (χ2n) is 5.99. The van der Waals surface area contributed by atoms with Crippen LogP contribution >= 0.6 is 0 Å². The number of amidine groups is 1. The molecule has 1 aromatic carbocycles. The van der Waals surface area contributed by atoms with Gasteiger partial charge < -0.3 is 4.90 Å². The van der Waals surface area contributed by atoms with Crippen LogP contribution in [0.1, 0.15) is 65.7 Å². The van der Waals surface area contributed by atoms with Crippen molar-refractivity contribution in [2.24, 2.45) is 4.40 Å². The Balaban J connectivity index is 2.81. The van der Waals surface area contributed by atoms with Gasteiger partial charge in [0.15, 0.2) is 0 Å². The molecule has 136 valence electrons. The maximum atomic E-state index is 12.5. The van der Waals surface area contributed by atoms with Crippen molar-refractivity contribution in [3.63, 3.8) is 0 Å². The number of hydrogen-bond acceptors (Lipinski definition) is 2. The van der Waals surface area contributed by atoms with Crippen LogP contribution in [0.5, 0.6) is 0 Å². The van der Waals surface area contributed by atoms with Gasteiger partial charge in [0.1, 0.15) is 5.84 Å². The molecule has 4 nitrogen and oxygen atoms in total. The molecule has 1 aromatic rings. The first-order valence-electron chi connectivity index (χ1n) is 9.19. The zero-order valence-corrected chi connectivity index (χ0v) is 16.2. The zero-order chi connectivity index (χ0) is 17.8. The first-order chi connectivity index (χ1) is 11.5. The molecule has 0 spiro atoms. The number of hydrogen-bond donors (Lipinski definition) is 0. The van der Waals surface area contributed by atoms with Crippen molar-refractivity contribution in [2.75, 3.05) is 13.1 Å². The van der Waals surface area contributed by atoms with E-state index in [0.29, 0.717) is 5.84 Å². The highest BCUT2D eigenvalue weighted by Crippen LogP contribution is 2.15. The summed E-state index contributed by atoms with van der Waals surface area (Å²) < 4.78 is 29.2. The molecule has 5 heteroatoms. The van der Waals surface area contributed by atoms with Gasteiger partial charge in [-0.15, -0.1) is 4.40 Å². The third kappa shape index (κ3) is 7.04. The Labute approximate surface area is 148 Å². The van der Waals surface area contributed by atoms with E-state index in [1.807, 2.05) is 24.8 Å². The summed E-state index contributed by atoms with van der Waals surface area (Å²) in [5, 5.41) is 0. The third-order valence-electron chi connectivity index (χ3n) is 4.15. The summed E-state index contributed by atoms with van der Waals surface area (Å²) in [6.45, 7) is 7.83. The van der Waals surface area contributed by atoms with Crippen LogP contribution in [0.2, 0.25) is 0 Å². The Kier molecular flexibility index (Phi) is 9.69. The van der Waals surface area contributed by atoms with Gasteiger partial charge in [0, 0.05) is 19.5 Å². The SMILES string of the molecule is CCCCCCCCC(=NS(=O)(=O)c1ccccc1)N(CC)CC. The first kappa shape index (κ1) is 20.7. The number of sulfonamides is 1. The van der Waals surface area contributed by atoms with Crippen LogP contribution in [0.25, 0.3) is 0 Å². The van der Waals surface area contributed by atoms with Crippen LogP contribution in [0.15, 0.2) is 39.6 Å². The molecular weight excluding hydrogens is 320 g/mol. The summed E-state index contributed by atoms with van der Waals surface area (Å²) in [4.78, 5) is 2.31. The monoisotopic (exact) mass is 352 g/mol. The molecule has 0 aliphatic heterocycles. The van der Waals surface area contributed by atoms with Gasteiger partial charge in [-0.3, -0.25) is 0 Å². The Bertz CT molecular complexity index is 579. The van der Waals surface area contributed by atoms with E-state index in [1.54, 1.807) is 24.3 Å². The van der Waals surface area contributed by atoms with Gasteiger partial charge in [0.05, 0.1) is 4.90 Å². The van der Waals surface area contributed by atoms with Crippen molar-refractivity contribution in [1.82, 2.24) is 4.90 Å². The van der Waals surface area contributed by atoms with Gasteiger partial charge in [-0.05, 0) is 32.4 Å². The van der Waals surface area contributed by atoms with E-state index in [4.69, 9.17) is 0 Å². The van der Waals surface area contributed by atoms with Crippen LogP contribution in [-0.2, 0) is 10.0 Å². The van der Waals surface area contributed by atoms with Gasteiger partial charge in [0.25, 0.3) is 10.0 Å². The van der Waals surface area contributed by atoms with Gasteiger partial charge in [-0.1, -0.05) is 57.2 Å². The van der Waals surface area contributed by atoms with Gasteiger partial charge in [0.2, 0.25) is 0 Å². The molecule has 0 heterocycles. The number of benzene rings is 1. The minimum absolute atomic E-state index is 0.262. The van der Waals surface area contributed by atoms with E-state index >= 15 is 0 Å². The number of rotatable bonds is 11. The average Bonchev–Trinajstić information content (AvgIpc) is 2.59. The zero-order valence-electron chi connectivity index (χ0n) is 15.4. The summed E-state index contributed by atoms with van der Waals surface area (Å²) in [5.41, 5.74) is 0. The van der Waals surface area contributed by atoms with Crippen molar-refractivity contribution in [1.29, 1.82) is 0 Å². The topological polar surface area (TPSA) is 49.7 Å². The number of unbranched alkanes of at least 4 members (excludes halogenated alkanes) is 5. The predicted molar refractivity (Wildman–Crippen MR) is 102 cm³/mol. The highest BCUT2D eigenvalue weighted by molar-refractivity contribution is 7.90.